The summed E-state index contributed by atoms with van der Waals surface area (Å²) in [5.74, 6) is -0.224. The van der Waals surface area contributed by atoms with Gasteiger partial charge in [0.05, 0.1) is 11.4 Å². The lowest BCUT2D eigenvalue weighted by atomic mass is 10.1. The lowest BCUT2D eigenvalue weighted by molar-refractivity contribution is 0.625. The zero-order chi connectivity index (χ0) is 14.2. The molecule has 1 heterocycles. The molecule has 4 heteroatoms. The molecule has 0 aliphatic carbocycles. The fourth-order valence-electron chi connectivity index (χ4n) is 2.38. The molecule has 1 atom stereocenters. The largest absolute Gasteiger partial charge is 0.328 e. The quantitative estimate of drug-likeness (QED) is 0.923. The maximum absolute atomic E-state index is 13.2. The molecule has 0 bridgehead atoms. The van der Waals surface area contributed by atoms with Crippen molar-refractivity contribution < 1.29 is 4.39 Å². The van der Waals surface area contributed by atoms with Gasteiger partial charge < -0.3 is 5.73 Å². The van der Waals surface area contributed by atoms with E-state index in [1.165, 1.54) is 17.7 Å². The van der Waals surface area contributed by atoms with Crippen molar-refractivity contribution in [3.63, 3.8) is 0 Å². The van der Waals surface area contributed by atoms with Gasteiger partial charge in [-0.05, 0) is 63.4 Å². The van der Waals surface area contributed by atoms with Gasteiger partial charge in [0.15, 0.2) is 0 Å². The summed E-state index contributed by atoms with van der Waals surface area (Å²) in [6, 6.07) is 4.85. The van der Waals surface area contributed by atoms with E-state index in [-0.39, 0.29) is 11.9 Å². The third-order valence-electron chi connectivity index (χ3n) is 3.35. The summed E-state index contributed by atoms with van der Waals surface area (Å²) >= 11 is 0. The van der Waals surface area contributed by atoms with Crippen molar-refractivity contribution in [3.8, 4) is 5.69 Å². The normalized spacial score (nSPS) is 12.7. The first kappa shape index (κ1) is 13.7. The zero-order valence-corrected chi connectivity index (χ0v) is 11.9. The van der Waals surface area contributed by atoms with Crippen molar-refractivity contribution in [3.05, 3.63) is 46.5 Å². The first-order chi connectivity index (χ1) is 8.90. The van der Waals surface area contributed by atoms with E-state index in [4.69, 9.17) is 5.73 Å². The molecule has 2 aromatic rings. The van der Waals surface area contributed by atoms with Crippen molar-refractivity contribution in [2.45, 2.75) is 40.2 Å². The molecule has 0 saturated heterocycles. The van der Waals surface area contributed by atoms with Crippen LogP contribution in [0, 0.1) is 26.6 Å². The van der Waals surface area contributed by atoms with E-state index < -0.39 is 0 Å². The van der Waals surface area contributed by atoms with Crippen molar-refractivity contribution >= 4 is 0 Å². The van der Waals surface area contributed by atoms with Crippen LogP contribution >= 0.6 is 0 Å². The Morgan fingerprint density at radius 2 is 2.00 bits per heavy atom. The molecule has 0 amide bonds. The number of rotatable bonds is 3. The summed E-state index contributed by atoms with van der Waals surface area (Å²) in [4.78, 5) is 0. The Morgan fingerprint density at radius 1 is 1.32 bits per heavy atom. The molecule has 1 unspecified atom stereocenters. The molecule has 0 aliphatic rings. The number of halogens is 1. The van der Waals surface area contributed by atoms with E-state index in [0.29, 0.717) is 0 Å². The summed E-state index contributed by atoms with van der Waals surface area (Å²) < 4.78 is 15.1. The Morgan fingerprint density at radius 3 is 2.58 bits per heavy atom. The Balaban J connectivity index is 2.51. The number of aryl methyl sites for hydroxylation is 2. The summed E-state index contributed by atoms with van der Waals surface area (Å²) in [6.07, 6.45) is 0.803. The van der Waals surface area contributed by atoms with E-state index in [9.17, 15) is 4.39 Å². The molecule has 0 spiro atoms. The summed E-state index contributed by atoms with van der Waals surface area (Å²) in [5, 5.41) is 4.56. The van der Waals surface area contributed by atoms with Crippen LogP contribution in [0.25, 0.3) is 5.69 Å². The Kier molecular flexibility index (Phi) is 3.71. The molecule has 0 saturated carbocycles. The molecule has 0 fully saturated rings. The molecule has 2 rings (SSSR count). The Hall–Kier alpha value is -1.68. The number of benzene rings is 1. The smallest absolute Gasteiger partial charge is 0.123 e. The van der Waals surface area contributed by atoms with Gasteiger partial charge in [0.25, 0.3) is 0 Å². The molecule has 102 valence electrons. The molecular formula is C15H20FN3. The topological polar surface area (TPSA) is 43.8 Å². The summed E-state index contributed by atoms with van der Waals surface area (Å²) in [6.45, 7) is 7.89. The molecular weight excluding hydrogens is 241 g/mol. The third kappa shape index (κ3) is 2.68. The number of aromatic nitrogens is 2. The van der Waals surface area contributed by atoms with Crippen LogP contribution in [-0.4, -0.2) is 15.8 Å². The van der Waals surface area contributed by atoms with Crippen molar-refractivity contribution in [2.75, 3.05) is 0 Å². The first-order valence-electron chi connectivity index (χ1n) is 6.47. The highest BCUT2D eigenvalue weighted by Crippen LogP contribution is 2.21. The van der Waals surface area contributed by atoms with Crippen molar-refractivity contribution in [1.29, 1.82) is 0 Å². The maximum atomic E-state index is 13.2. The van der Waals surface area contributed by atoms with E-state index >= 15 is 0 Å². The second kappa shape index (κ2) is 5.13. The van der Waals surface area contributed by atoms with Crippen LogP contribution in [0.4, 0.5) is 4.39 Å². The second-order valence-electron chi connectivity index (χ2n) is 5.17. The molecule has 3 nitrogen and oxygen atoms in total. The predicted molar refractivity (Wildman–Crippen MR) is 75.1 cm³/mol. The number of nitrogens with two attached hydrogens (primary N) is 1. The van der Waals surface area contributed by atoms with Crippen LogP contribution in [0.1, 0.15) is 29.4 Å². The van der Waals surface area contributed by atoms with Gasteiger partial charge in [-0.1, -0.05) is 0 Å². The second-order valence-corrected chi connectivity index (χ2v) is 5.17. The van der Waals surface area contributed by atoms with Crippen LogP contribution in [0.3, 0.4) is 0 Å². The summed E-state index contributed by atoms with van der Waals surface area (Å²) in [7, 11) is 0. The molecule has 1 aromatic carbocycles. The lowest BCUT2D eigenvalue weighted by Crippen LogP contribution is -2.18. The fraction of sp³-hybridized carbons (Fsp3) is 0.400. The van der Waals surface area contributed by atoms with Gasteiger partial charge in [0, 0.05) is 11.7 Å². The Labute approximate surface area is 113 Å². The predicted octanol–water partition coefficient (Wildman–Crippen LogP) is 2.83. The number of hydrogen-bond donors (Lipinski definition) is 1. The minimum atomic E-state index is -0.224. The lowest BCUT2D eigenvalue weighted by Gasteiger charge is -2.09. The van der Waals surface area contributed by atoms with Gasteiger partial charge >= 0.3 is 0 Å². The molecule has 0 radical (unpaired) electrons. The van der Waals surface area contributed by atoms with Crippen LogP contribution in [-0.2, 0) is 6.42 Å². The van der Waals surface area contributed by atoms with E-state index in [1.807, 2.05) is 32.4 Å². The van der Waals surface area contributed by atoms with Crippen LogP contribution in [0.15, 0.2) is 18.2 Å². The fourth-order valence-corrected chi connectivity index (χ4v) is 2.38. The van der Waals surface area contributed by atoms with Crippen LogP contribution in [0.2, 0.25) is 0 Å². The van der Waals surface area contributed by atoms with Gasteiger partial charge in [0.2, 0.25) is 0 Å². The van der Waals surface area contributed by atoms with Gasteiger partial charge in [-0.3, -0.25) is 0 Å². The van der Waals surface area contributed by atoms with E-state index in [2.05, 4.69) is 5.10 Å². The van der Waals surface area contributed by atoms with Crippen molar-refractivity contribution in [1.82, 2.24) is 9.78 Å². The zero-order valence-electron chi connectivity index (χ0n) is 11.9. The van der Waals surface area contributed by atoms with Gasteiger partial charge in [-0.25, -0.2) is 9.07 Å². The highest BCUT2D eigenvalue weighted by molar-refractivity contribution is 5.43. The highest BCUT2D eigenvalue weighted by atomic mass is 19.1. The molecule has 19 heavy (non-hydrogen) atoms. The minimum absolute atomic E-state index is 0.101. The molecule has 1 aromatic heterocycles. The van der Waals surface area contributed by atoms with Gasteiger partial charge in [-0.2, -0.15) is 5.10 Å². The average Bonchev–Trinajstić information content (AvgIpc) is 2.57. The van der Waals surface area contributed by atoms with Gasteiger partial charge in [-0.15, -0.1) is 0 Å². The van der Waals surface area contributed by atoms with Crippen LogP contribution in [0.5, 0.6) is 0 Å². The average molecular weight is 261 g/mol. The maximum Gasteiger partial charge on any atom is 0.123 e. The van der Waals surface area contributed by atoms with Crippen LogP contribution < -0.4 is 5.73 Å². The van der Waals surface area contributed by atoms with E-state index in [0.717, 1.165) is 29.1 Å². The highest BCUT2D eigenvalue weighted by Gasteiger charge is 2.15. The van der Waals surface area contributed by atoms with Gasteiger partial charge in [0.1, 0.15) is 5.82 Å². The standard InChI is InChI=1S/C15H20FN3/c1-9-7-13(16)5-6-15(9)19-12(4)14(8-10(2)17)11(3)18-19/h5-7,10H,8,17H2,1-4H3. The third-order valence-corrected chi connectivity index (χ3v) is 3.35. The molecule has 0 aliphatic heterocycles. The number of hydrogen-bond acceptors (Lipinski definition) is 2. The molecule has 2 N–H and O–H groups in total. The van der Waals surface area contributed by atoms with E-state index in [1.54, 1.807) is 6.07 Å². The Bertz CT molecular complexity index is 600. The SMILES string of the molecule is Cc1cc(F)ccc1-n1nc(C)c(CC(C)N)c1C. The summed E-state index contributed by atoms with van der Waals surface area (Å²) in [5.41, 5.74) is 10.9. The first-order valence-corrected chi connectivity index (χ1v) is 6.47. The van der Waals surface area contributed by atoms with Crippen molar-refractivity contribution in [2.24, 2.45) is 5.73 Å². The monoisotopic (exact) mass is 261 g/mol. The number of nitrogens with zero attached hydrogens (tertiary/aromatic N) is 2. The minimum Gasteiger partial charge on any atom is -0.328 e.